The minimum Gasteiger partial charge on any atom is -0.381 e. The Morgan fingerprint density at radius 1 is 1.33 bits per heavy atom. The van der Waals surface area contributed by atoms with Crippen LogP contribution in [0.25, 0.3) is 0 Å². The average molecular weight is 226 g/mol. The Hall–Kier alpha value is -0.330. The molecule has 2 N–H and O–H groups in total. The summed E-state index contributed by atoms with van der Waals surface area (Å²) in [7, 11) is 1.48. The second-order valence-corrected chi connectivity index (χ2v) is 4.01. The largest absolute Gasteiger partial charge is 0.401 e. The molecule has 90 valence electrons. The number of hydrogen-bond donors (Lipinski definition) is 1. The molecule has 0 unspecified atom stereocenters. The van der Waals surface area contributed by atoms with Crippen molar-refractivity contribution in [2.24, 2.45) is 5.73 Å². The van der Waals surface area contributed by atoms with Crippen molar-refractivity contribution in [2.45, 2.75) is 24.6 Å². The summed E-state index contributed by atoms with van der Waals surface area (Å²) in [5.74, 6) is 0. The Morgan fingerprint density at radius 3 is 2.27 bits per heavy atom. The van der Waals surface area contributed by atoms with Gasteiger partial charge in [-0.3, -0.25) is 4.90 Å². The third-order valence-electron chi connectivity index (χ3n) is 3.03. The SMILES string of the molecule is CN(CC(F)(F)F)C1(CN)CCOCC1. The van der Waals surface area contributed by atoms with Crippen LogP contribution in [-0.4, -0.2) is 50.0 Å². The maximum absolute atomic E-state index is 12.3. The van der Waals surface area contributed by atoms with Crippen molar-refractivity contribution in [3.8, 4) is 0 Å². The minimum absolute atomic E-state index is 0.239. The van der Waals surface area contributed by atoms with Crippen molar-refractivity contribution in [1.29, 1.82) is 0 Å². The summed E-state index contributed by atoms with van der Waals surface area (Å²) >= 11 is 0. The van der Waals surface area contributed by atoms with Gasteiger partial charge in [0.2, 0.25) is 0 Å². The third-order valence-corrected chi connectivity index (χ3v) is 3.03. The topological polar surface area (TPSA) is 38.5 Å². The fourth-order valence-corrected chi connectivity index (χ4v) is 1.93. The summed E-state index contributed by atoms with van der Waals surface area (Å²) in [4.78, 5) is 1.32. The summed E-state index contributed by atoms with van der Waals surface area (Å²) in [6.07, 6.45) is -3.04. The molecule has 0 spiro atoms. The van der Waals surface area contributed by atoms with Crippen molar-refractivity contribution in [3.05, 3.63) is 0 Å². The van der Waals surface area contributed by atoms with Crippen molar-refractivity contribution in [1.82, 2.24) is 4.90 Å². The first kappa shape index (κ1) is 12.7. The van der Waals surface area contributed by atoms with Crippen LogP contribution in [0, 0.1) is 0 Å². The predicted octanol–water partition coefficient (Wildman–Crippen LogP) is 0.988. The lowest BCUT2D eigenvalue weighted by Gasteiger charge is -2.44. The van der Waals surface area contributed by atoms with Gasteiger partial charge >= 0.3 is 6.18 Å². The van der Waals surface area contributed by atoms with Gasteiger partial charge < -0.3 is 10.5 Å². The Balaban J connectivity index is 2.63. The van der Waals surface area contributed by atoms with Gasteiger partial charge in [-0.25, -0.2) is 0 Å². The molecule has 0 aliphatic carbocycles. The molecule has 0 aromatic carbocycles. The number of likely N-dealkylation sites (N-methyl/N-ethyl adjacent to an activating group) is 1. The molecule has 15 heavy (non-hydrogen) atoms. The van der Waals surface area contributed by atoms with E-state index in [0.29, 0.717) is 26.1 Å². The minimum atomic E-state index is -4.17. The van der Waals surface area contributed by atoms with E-state index >= 15 is 0 Å². The van der Waals surface area contributed by atoms with Crippen LogP contribution in [0.2, 0.25) is 0 Å². The second-order valence-electron chi connectivity index (χ2n) is 4.01. The Morgan fingerprint density at radius 2 is 1.87 bits per heavy atom. The van der Waals surface area contributed by atoms with E-state index in [2.05, 4.69) is 0 Å². The number of rotatable bonds is 3. The molecule has 3 nitrogen and oxygen atoms in total. The van der Waals surface area contributed by atoms with Crippen molar-refractivity contribution >= 4 is 0 Å². The summed E-state index contributed by atoms with van der Waals surface area (Å²) < 4.78 is 41.9. The molecule has 0 radical (unpaired) electrons. The molecule has 1 fully saturated rings. The van der Waals surface area contributed by atoms with E-state index in [4.69, 9.17) is 10.5 Å². The fourth-order valence-electron chi connectivity index (χ4n) is 1.93. The molecule has 0 saturated carbocycles. The highest BCUT2D eigenvalue weighted by Gasteiger charge is 2.40. The zero-order chi connectivity index (χ0) is 11.5. The Labute approximate surface area is 87.4 Å². The molecule has 6 heteroatoms. The van der Waals surface area contributed by atoms with Gasteiger partial charge in [-0.2, -0.15) is 13.2 Å². The van der Waals surface area contributed by atoms with Gasteiger partial charge in [0.25, 0.3) is 0 Å². The van der Waals surface area contributed by atoms with E-state index in [1.165, 1.54) is 11.9 Å². The smallest absolute Gasteiger partial charge is 0.381 e. The molecule has 1 aliphatic rings. The summed E-state index contributed by atoms with van der Waals surface area (Å²) in [5.41, 5.74) is 5.05. The number of nitrogens with zero attached hydrogens (tertiary/aromatic N) is 1. The second kappa shape index (κ2) is 4.67. The van der Waals surface area contributed by atoms with Gasteiger partial charge in [0.05, 0.1) is 6.54 Å². The highest BCUT2D eigenvalue weighted by atomic mass is 19.4. The van der Waals surface area contributed by atoms with E-state index in [1.54, 1.807) is 0 Å². The van der Waals surface area contributed by atoms with E-state index in [-0.39, 0.29) is 6.54 Å². The van der Waals surface area contributed by atoms with Crippen LogP contribution in [-0.2, 0) is 4.74 Å². The maximum Gasteiger partial charge on any atom is 0.401 e. The molecular formula is C9H17F3N2O. The maximum atomic E-state index is 12.3. The van der Waals surface area contributed by atoms with E-state index in [1.807, 2.05) is 0 Å². The van der Waals surface area contributed by atoms with Crippen LogP contribution in [0.15, 0.2) is 0 Å². The van der Waals surface area contributed by atoms with Crippen LogP contribution in [0.5, 0.6) is 0 Å². The van der Waals surface area contributed by atoms with Crippen LogP contribution in [0.3, 0.4) is 0 Å². The molecule has 0 aromatic rings. The highest BCUT2D eigenvalue weighted by molar-refractivity contribution is 4.92. The summed E-state index contributed by atoms with van der Waals surface area (Å²) in [5, 5.41) is 0. The Bertz CT molecular complexity index is 202. The van der Waals surface area contributed by atoms with Crippen LogP contribution >= 0.6 is 0 Å². The number of nitrogens with two attached hydrogens (primary N) is 1. The van der Waals surface area contributed by atoms with Crippen LogP contribution in [0.1, 0.15) is 12.8 Å². The van der Waals surface area contributed by atoms with Gasteiger partial charge in [-0.15, -0.1) is 0 Å². The quantitative estimate of drug-likeness (QED) is 0.780. The number of halogens is 3. The zero-order valence-electron chi connectivity index (χ0n) is 8.81. The molecule has 0 aromatic heterocycles. The first-order valence-corrected chi connectivity index (χ1v) is 4.95. The molecule has 1 aliphatic heterocycles. The van der Waals surface area contributed by atoms with Crippen LogP contribution < -0.4 is 5.73 Å². The standard InChI is InChI=1S/C9H17F3N2O/c1-14(7-9(10,11)12)8(6-13)2-4-15-5-3-8/h2-7,13H2,1H3. The van der Waals surface area contributed by atoms with E-state index in [9.17, 15) is 13.2 Å². The first-order valence-electron chi connectivity index (χ1n) is 4.95. The lowest BCUT2D eigenvalue weighted by Crippen LogP contribution is -2.57. The number of hydrogen-bond acceptors (Lipinski definition) is 3. The molecule has 1 rings (SSSR count). The number of alkyl halides is 3. The van der Waals surface area contributed by atoms with Crippen molar-refractivity contribution < 1.29 is 17.9 Å². The first-order chi connectivity index (χ1) is 6.90. The monoisotopic (exact) mass is 226 g/mol. The summed E-state index contributed by atoms with van der Waals surface area (Å²) in [6.45, 7) is 0.298. The predicted molar refractivity (Wildman–Crippen MR) is 50.5 cm³/mol. The summed E-state index contributed by atoms with van der Waals surface area (Å²) in [6, 6.07) is 0. The Kier molecular flexibility index (Phi) is 3.97. The van der Waals surface area contributed by atoms with Gasteiger partial charge in [0.1, 0.15) is 0 Å². The molecular weight excluding hydrogens is 209 g/mol. The van der Waals surface area contributed by atoms with Crippen molar-refractivity contribution in [2.75, 3.05) is 33.4 Å². The molecule has 1 saturated heterocycles. The molecule has 0 bridgehead atoms. The zero-order valence-corrected chi connectivity index (χ0v) is 8.81. The lowest BCUT2D eigenvalue weighted by molar-refractivity contribution is -0.161. The van der Waals surface area contributed by atoms with Gasteiger partial charge in [0.15, 0.2) is 0 Å². The molecule has 0 atom stereocenters. The van der Waals surface area contributed by atoms with E-state index in [0.717, 1.165) is 0 Å². The normalized spacial score (nSPS) is 22.0. The lowest BCUT2D eigenvalue weighted by atomic mass is 9.88. The van der Waals surface area contributed by atoms with Crippen LogP contribution in [0.4, 0.5) is 13.2 Å². The fraction of sp³-hybridized carbons (Fsp3) is 1.00. The van der Waals surface area contributed by atoms with Gasteiger partial charge in [-0.05, 0) is 19.9 Å². The van der Waals surface area contributed by atoms with E-state index < -0.39 is 18.3 Å². The highest BCUT2D eigenvalue weighted by Crippen LogP contribution is 2.28. The third kappa shape index (κ3) is 3.32. The van der Waals surface area contributed by atoms with Crippen molar-refractivity contribution in [3.63, 3.8) is 0 Å². The molecule has 0 amide bonds. The molecule has 1 heterocycles. The van der Waals surface area contributed by atoms with Gasteiger partial charge in [0, 0.05) is 25.3 Å². The van der Waals surface area contributed by atoms with Gasteiger partial charge in [-0.1, -0.05) is 0 Å². The average Bonchev–Trinajstić information content (AvgIpc) is 2.16. The number of ether oxygens (including phenoxy) is 1.